The van der Waals surface area contributed by atoms with Gasteiger partial charge >= 0.3 is 5.97 Å². The number of hydrogen-bond donors (Lipinski definition) is 1. The van der Waals surface area contributed by atoms with Crippen molar-refractivity contribution in [1.82, 2.24) is 4.90 Å². The molecule has 0 saturated carbocycles. The first-order valence-corrected chi connectivity index (χ1v) is 6.46. The molecule has 4 nitrogen and oxygen atoms in total. The van der Waals surface area contributed by atoms with Gasteiger partial charge in [0.15, 0.2) is 0 Å². The number of carbonyl (C=O) groups is 2. The molecule has 1 aromatic carbocycles. The van der Waals surface area contributed by atoms with Crippen LogP contribution in [0.2, 0.25) is 5.02 Å². The van der Waals surface area contributed by atoms with E-state index in [0.29, 0.717) is 17.1 Å². The molecule has 0 unspecified atom stereocenters. The van der Waals surface area contributed by atoms with Gasteiger partial charge in [0, 0.05) is 17.1 Å². The van der Waals surface area contributed by atoms with E-state index in [0.717, 1.165) is 5.56 Å². The van der Waals surface area contributed by atoms with Gasteiger partial charge < -0.3 is 10.0 Å². The van der Waals surface area contributed by atoms with Crippen LogP contribution in [0, 0.1) is 12.8 Å². The van der Waals surface area contributed by atoms with Gasteiger partial charge in [0.1, 0.15) is 6.54 Å². The lowest BCUT2D eigenvalue weighted by Crippen LogP contribution is -2.38. The van der Waals surface area contributed by atoms with Gasteiger partial charge in [0.25, 0.3) is 5.91 Å². The Labute approximate surface area is 118 Å². The monoisotopic (exact) mass is 283 g/mol. The second-order valence-electron chi connectivity index (χ2n) is 4.94. The number of aliphatic carboxylic acids is 1. The van der Waals surface area contributed by atoms with Crippen LogP contribution >= 0.6 is 11.6 Å². The molecular formula is C14H18ClNO3. The summed E-state index contributed by atoms with van der Waals surface area (Å²) in [5.41, 5.74) is 1.30. The standard InChI is InChI=1S/C14H18ClNO3/c1-9(2)7-16(8-13(17)18)14(19)11-5-4-10(3)12(15)6-11/h4-6,9H,7-8H2,1-3H3,(H,17,18). The largest absolute Gasteiger partial charge is 0.480 e. The molecule has 0 aliphatic heterocycles. The van der Waals surface area contributed by atoms with E-state index >= 15 is 0 Å². The molecule has 0 bridgehead atoms. The van der Waals surface area contributed by atoms with E-state index in [1.54, 1.807) is 18.2 Å². The van der Waals surface area contributed by atoms with Crippen molar-refractivity contribution in [2.75, 3.05) is 13.1 Å². The first-order valence-electron chi connectivity index (χ1n) is 6.08. The van der Waals surface area contributed by atoms with Crippen molar-refractivity contribution < 1.29 is 14.7 Å². The first-order chi connectivity index (χ1) is 8.81. The highest BCUT2D eigenvalue weighted by Crippen LogP contribution is 2.18. The highest BCUT2D eigenvalue weighted by atomic mass is 35.5. The van der Waals surface area contributed by atoms with Crippen molar-refractivity contribution in [3.05, 3.63) is 34.3 Å². The number of carboxylic acids is 1. The Bertz CT molecular complexity index is 486. The zero-order valence-electron chi connectivity index (χ0n) is 11.3. The number of halogens is 1. The molecule has 0 aliphatic rings. The molecule has 0 radical (unpaired) electrons. The van der Waals surface area contributed by atoms with Crippen molar-refractivity contribution in [1.29, 1.82) is 0 Å². The molecule has 1 amide bonds. The number of rotatable bonds is 5. The fourth-order valence-corrected chi connectivity index (χ4v) is 1.91. The van der Waals surface area contributed by atoms with Crippen molar-refractivity contribution in [3.8, 4) is 0 Å². The maximum atomic E-state index is 12.3. The fraction of sp³-hybridized carbons (Fsp3) is 0.429. The lowest BCUT2D eigenvalue weighted by molar-refractivity contribution is -0.137. The molecular weight excluding hydrogens is 266 g/mol. The molecule has 0 heterocycles. The van der Waals surface area contributed by atoms with Gasteiger partial charge in [-0.05, 0) is 30.5 Å². The maximum Gasteiger partial charge on any atom is 0.323 e. The molecule has 1 aromatic rings. The van der Waals surface area contributed by atoms with Crippen LogP contribution < -0.4 is 0 Å². The molecule has 0 atom stereocenters. The Morgan fingerprint density at radius 3 is 2.47 bits per heavy atom. The number of aryl methyl sites for hydroxylation is 1. The molecule has 1 N–H and O–H groups in total. The SMILES string of the molecule is Cc1ccc(C(=O)N(CC(=O)O)CC(C)C)cc1Cl. The summed E-state index contributed by atoms with van der Waals surface area (Å²) >= 11 is 5.99. The summed E-state index contributed by atoms with van der Waals surface area (Å²) in [4.78, 5) is 24.4. The minimum absolute atomic E-state index is 0.198. The molecule has 19 heavy (non-hydrogen) atoms. The van der Waals surface area contributed by atoms with E-state index in [1.807, 2.05) is 20.8 Å². The lowest BCUT2D eigenvalue weighted by atomic mass is 10.1. The van der Waals surface area contributed by atoms with Crippen LogP contribution in [0.4, 0.5) is 0 Å². The summed E-state index contributed by atoms with van der Waals surface area (Å²) in [6, 6.07) is 5.00. The van der Waals surface area contributed by atoms with Gasteiger partial charge in [-0.3, -0.25) is 9.59 Å². The molecule has 5 heteroatoms. The summed E-state index contributed by atoms with van der Waals surface area (Å²) in [5, 5.41) is 9.38. The van der Waals surface area contributed by atoms with Crippen LogP contribution in [0.25, 0.3) is 0 Å². The molecule has 0 fully saturated rings. The average Bonchev–Trinajstić information content (AvgIpc) is 2.29. The van der Waals surface area contributed by atoms with Gasteiger partial charge in [-0.1, -0.05) is 31.5 Å². The van der Waals surface area contributed by atoms with Gasteiger partial charge in [0.05, 0.1) is 0 Å². The van der Waals surface area contributed by atoms with E-state index in [1.165, 1.54) is 4.90 Å². The van der Waals surface area contributed by atoms with Crippen LogP contribution in [-0.4, -0.2) is 35.0 Å². The van der Waals surface area contributed by atoms with E-state index < -0.39 is 5.97 Å². The summed E-state index contributed by atoms with van der Waals surface area (Å²) < 4.78 is 0. The second-order valence-corrected chi connectivity index (χ2v) is 5.34. The molecule has 1 rings (SSSR count). The third-order valence-electron chi connectivity index (χ3n) is 2.62. The molecule has 0 aromatic heterocycles. The van der Waals surface area contributed by atoms with Crippen LogP contribution in [-0.2, 0) is 4.79 Å². The number of amides is 1. The lowest BCUT2D eigenvalue weighted by Gasteiger charge is -2.23. The van der Waals surface area contributed by atoms with E-state index in [2.05, 4.69) is 0 Å². The number of nitrogens with zero attached hydrogens (tertiary/aromatic N) is 1. The van der Waals surface area contributed by atoms with Crippen LogP contribution in [0.15, 0.2) is 18.2 Å². The van der Waals surface area contributed by atoms with E-state index in [-0.39, 0.29) is 18.4 Å². The molecule has 104 valence electrons. The first kappa shape index (κ1) is 15.5. The summed E-state index contributed by atoms with van der Waals surface area (Å²) in [5.74, 6) is -1.13. The Kier molecular flexibility index (Phi) is 5.36. The van der Waals surface area contributed by atoms with Crippen molar-refractivity contribution in [2.24, 2.45) is 5.92 Å². The molecule has 0 aliphatic carbocycles. The number of benzene rings is 1. The predicted octanol–water partition coefficient (Wildman–Crippen LogP) is 2.83. The summed E-state index contributed by atoms with van der Waals surface area (Å²) in [6.07, 6.45) is 0. The Morgan fingerprint density at radius 2 is 2.00 bits per heavy atom. The second kappa shape index (κ2) is 6.57. The Balaban J connectivity index is 2.97. The van der Waals surface area contributed by atoms with Crippen molar-refractivity contribution in [3.63, 3.8) is 0 Å². The zero-order chi connectivity index (χ0) is 14.6. The van der Waals surface area contributed by atoms with Crippen molar-refractivity contribution in [2.45, 2.75) is 20.8 Å². The van der Waals surface area contributed by atoms with Crippen LogP contribution in [0.5, 0.6) is 0 Å². The summed E-state index contributed by atoms with van der Waals surface area (Å²) in [7, 11) is 0. The van der Waals surface area contributed by atoms with Gasteiger partial charge in [0.2, 0.25) is 0 Å². The maximum absolute atomic E-state index is 12.3. The summed E-state index contributed by atoms with van der Waals surface area (Å²) in [6.45, 7) is 5.81. The van der Waals surface area contributed by atoms with E-state index in [9.17, 15) is 9.59 Å². The topological polar surface area (TPSA) is 57.6 Å². The third-order valence-corrected chi connectivity index (χ3v) is 3.02. The van der Waals surface area contributed by atoms with E-state index in [4.69, 9.17) is 16.7 Å². The van der Waals surface area contributed by atoms with Crippen molar-refractivity contribution >= 4 is 23.5 Å². The Morgan fingerprint density at radius 1 is 1.37 bits per heavy atom. The third kappa shape index (κ3) is 4.56. The highest BCUT2D eigenvalue weighted by Gasteiger charge is 2.19. The fourth-order valence-electron chi connectivity index (χ4n) is 1.73. The Hall–Kier alpha value is -1.55. The normalized spacial score (nSPS) is 10.6. The smallest absolute Gasteiger partial charge is 0.323 e. The zero-order valence-corrected chi connectivity index (χ0v) is 12.1. The minimum atomic E-state index is -1.02. The van der Waals surface area contributed by atoms with Crippen LogP contribution in [0.3, 0.4) is 0 Å². The van der Waals surface area contributed by atoms with Gasteiger partial charge in [-0.2, -0.15) is 0 Å². The average molecular weight is 284 g/mol. The molecule has 0 saturated heterocycles. The van der Waals surface area contributed by atoms with Gasteiger partial charge in [-0.25, -0.2) is 0 Å². The van der Waals surface area contributed by atoms with Gasteiger partial charge in [-0.15, -0.1) is 0 Å². The predicted molar refractivity (Wildman–Crippen MR) is 74.6 cm³/mol. The quantitative estimate of drug-likeness (QED) is 0.904. The number of carboxylic acid groups (broad SMARTS) is 1. The number of hydrogen-bond acceptors (Lipinski definition) is 2. The van der Waals surface area contributed by atoms with Crippen LogP contribution in [0.1, 0.15) is 29.8 Å². The molecule has 0 spiro atoms. The number of carbonyl (C=O) groups excluding carboxylic acids is 1. The highest BCUT2D eigenvalue weighted by molar-refractivity contribution is 6.31. The minimum Gasteiger partial charge on any atom is -0.480 e.